The van der Waals surface area contributed by atoms with E-state index in [2.05, 4.69) is 11.8 Å². The Morgan fingerprint density at radius 1 is 1.24 bits per heavy atom. The van der Waals surface area contributed by atoms with Gasteiger partial charge in [-0.3, -0.25) is 4.79 Å². The second-order valence-corrected chi connectivity index (χ2v) is 5.28. The molecule has 0 aromatic carbocycles. The van der Waals surface area contributed by atoms with Gasteiger partial charge >= 0.3 is 5.97 Å². The lowest BCUT2D eigenvalue weighted by Gasteiger charge is -2.55. The molecule has 2 aliphatic rings. The van der Waals surface area contributed by atoms with E-state index in [-0.39, 0.29) is 18.0 Å². The van der Waals surface area contributed by atoms with Crippen LogP contribution in [-0.2, 0) is 9.53 Å². The van der Waals surface area contributed by atoms with Crippen LogP contribution in [0.1, 0.15) is 51.9 Å². The smallest absolute Gasteiger partial charge is 0.303 e. The lowest BCUT2D eigenvalue weighted by Crippen LogP contribution is -2.57. The molecule has 0 saturated heterocycles. The van der Waals surface area contributed by atoms with Crippen LogP contribution in [0.15, 0.2) is 0 Å². The molecule has 0 aliphatic heterocycles. The molecular weight excluding hydrogens is 216 g/mol. The zero-order chi connectivity index (χ0) is 12.4. The van der Waals surface area contributed by atoms with Gasteiger partial charge in [0.1, 0.15) is 5.60 Å². The van der Waals surface area contributed by atoms with E-state index in [4.69, 9.17) is 4.74 Å². The zero-order valence-electron chi connectivity index (χ0n) is 10.4. The van der Waals surface area contributed by atoms with Crippen molar-refractivity contribution in [3.63, 3.8) is 0 Å². The molecule has 2 saturated carbocycles. The molecule has 94 valence electrons. The van der Waals surface area contributed by atoms with Crippen LogP contribution in [0.2, 0.25) is 0 Å². The highest BCUT2D eigenvalue weighted by atomic mass is 16.5. The van der Waals surface area contributed by atoms with Gasteiger partial charge in [-0.25, -0.2) is 0 Å². The summed E-state index contributed by atoms with van der Waals surface area (Å²) >= 11 is 0. The Bertz CT molecular complexity index is 357. The fraction of sp³-hybridized carbons (Fsp3) is 0.786. The van der Waals surface area contributed by atoms with E-state index >= 15 is 0 Å². The SMILES string of the molecule is CC(=O)OCC#CC1(O)CCC12CCCCC2. The molecule has 2 fully saturated rings. The van der Waals surface area contributed by atoms with Crippen LogP contribution in [0.4, 0.5) is 0 Å². The molecule has 0 radical (unpaired) electrons. The van der Waals surface area contributed by atoms with Gasteiger partial charge in [0.15, 0.2) is 6.61 Å². The molecule has 1 atom stereocenters. The fourth-order valence-corrected chi connectivity index (χ4v) is 3.12. The van der Waals surface area contributed by atoms with E-state index in [9.17, 15) is 9.90 Å². The lowest BCUT2D eigenvalue weighted by atomic mass is 9.51. The van der Waals surface area contributed by atoms with Gasteiger partial charge in [0.05, 0.1) is 0 Å². The summed E-state index contributed by atoms with van der Waals surface area (Å²) in [4.78, 5) is 10.6. The first-order valence-electron chi connectivity index (χ1n) is 6.44. The van der Waals surface area contributed by atoms with Crippen LogP contribution >= 0.6 is 0 Å². The minimum absolute atomic E-state index is 0.0362. The van der Waals surface area contributed by atoms with Gasteiger partial charge in [0.25, 0.3) is 0 Å². The first kappa shape index (κ1) is 12.4. The molecule has 1 spiro atoms. The van der Waals surface area contributed by atoms with Gasteiger partial charge in [0, 0.05) is 12.3 Å². The fourth-order valence-electron chi connectivity index (χ4n) is 3.12. The second-order valence-electron chi connectivity index (χ2n) is 5.28. The average molecular weight is 236 g/mol. The van der Waals surface area contributed by atoms with Crippen LogP contribution in [0.3, 0.4) is 0 Å². The van der Waals surface area contributed by atoms with Crippen molar-refractivity contribution in [1.82, 2.24) is 0 Å². The summed E-state index contributed by atoms with van der Waals surface area (Å²) in [6.45, 7) is 1.45. The van der Waals surface area contributed by atoms with Gasteiger partial charge in [-0.1, -0.05) is 31.1 Å². The van der Waals surface area contributed by atoms with Gasteiger partial charge in [-0.15, -0.1) is 0 Å². The molecule has 0 aromatic rings. The van der Waals surface area contributed by atoms with Crippen molar-refractivity contribution in [3.05, 3.63) is 0 Å². The van der Waals surface area contributed by atoms with Gasteiger partial charge in [0.2, 0.25) is 0 Å². The second kappa shape index (κ2) is 4.70. The first-order chi connectivity index (χ1) is 8.08. The largest absolute Gasteiger partial charge is 0.453 e. The summed E-state index contributed by atoms with van der Waals surface area (Å²) in [5.74, 6) is 5.40. The summed E-state index contributed by atoms with van der Waals surface area (Å²) in [6, 6.07) is 0. The third-order valence-electron chi connectivity index (χ3n) is 4.30. The lowest BCUT2D eigenvalue weighted by molar-refractivity contribution is -0.142. The molecule has 0 amide bonds. The van der Waals surface area contributed by atoms with E-state index in [1.165, 1.54) is 26.2 Å². The maximum atomic E-state index is 10.6. The highest BCUT2D eigenvalue weighted by Gasteiger charge is 2.57. The first-order valence-corrected chi connectivity index (χ1v) is 6.44. The van der Waals surface area contributed by atoms with E-state index < -0.39 is 5.60 Å². The summed E-state index contributed by atoms with van der Waals surface area (Å²) in [5, 5.41) is 10.5. The molecule has 0 aromatic heterocycles. The molecule has 3 nitrogen and oxygen atoms in total. The zero-order valence-corrected chi connectivity index (χ0v) is 10.4. The predicted octanol–water partition coefficient (Wildman–Crippen LogP) is 2.03. The van der Waals surface area contributed by atoms with Crippen molar-refractivity contribution in [2.24, 2.45) is 5.41 Å². The number of esters is 1. The van der Waals surface area contributed by atoms with Crippen LogP contribution < -0.4 is 0 Å². The number of carbonyl (C=O) groups is 1. The normalized spacial score (nSPS) is 30.0. The quantitative estimate of drug-likeness (QED) is 0.559. The molecule has 2 aliphatic carbocycles. The molecular formula is C14H20O3. The third-order valence-corrected chi connectivity index (χ3v) is 4.30. The van der Waals surface area contributed by atoms with Crippen LogP contribution in [-0.4, -0.2) is 23.3 Å². The number of rotatable bonds is 1. The molecule has 3 heteroatoms. The Hall–Kier alpha value is -1.01. The number of hydrogen-bond acceptors (Lipinski definition) is 3. The molecule has 17 heavy (non-hydrogen) atoms. The average Bonchev–Trinajstić information content (AvgIpc) is 2.34. The minimum atomic E-state index is -0.826. The highest BCUT2D eigenvalue weighted by molar-refractivity contribution is 5.66. The van der Waals surface area contributed by atoms with Crippen molar-refractivity contribution in [2.45, 2.75) is 57.5 Å². The molecule has 1 N–H and O–H groups in total. The highest BCUT2D eigenvalue weighted by Crippen LogP contribution is 2.58. The van der Waals surface area contributed by atoms with Crippen molar-refractivity contribution in [2.75, 3.05) is 6.61 Å². The Labute approximate surface area is 103 Å². The topological polar surface area (TPSA) is 46.5 Å². The van der Waals surface area contributed by atoms with E-state index in [0.717, 1.165) is 25.7 Å². The summed E-state index contributed by atoms with van der Waals surface area (Å²) in [6.07, 6.45) is 7.71. The van der Waals surface area contributed by atoms with Gasteiger partial charge < -0.3 is 9.84 Å². The monoisotopic (exact) mass is 236 g/mol. The maximum absolute atomic E-state index is 10.6. The van der Waals surface area contributed by atoms with Crippen LogP contribution in [0.25, 0.3) is 0 Å². The van der Waals surface area contributed by atoms with Crippen LogP contribution in [0.5, 0.6) is 0 Å². The van der Waals surface area contributed by atoms with Crippen molar-refractivity contribution < 1.29 is 14.6 Å². The Balaban J connectivity index is 1.96. The predicted molar refractivity (Wildman–Crippen MR) is 64.1 cm³/mol. The number of carbonyl (C=O) groups excluding carboxylic acids is 1. The summed E-state index contributed by atoms with van der Waals surface area (Å²) < 4.78 is 4.76. The minimum Gasteiger partial charge on any atom is -0.453 e. The van der Waals surface area contributed by atoms with E-state index in [1.54, 1.807) is 0 Å². The molecule has 0 heterocycles. The molecule has 1 unspecified atom stereocenters. The van der Waals surface area contributed by atoms with Gasteiger partial charge in [-0.2, -0.15) is 0 Å². The standard InChI is InChI=1S/C14H20O3/c1-12(15)17-11-5-8-14(16)10-9-13(14)6-3-2-4-7-13/h16H,2-4,6-7,9-11H2,1H3. The summed E-state index contributed by atoms with van der Waals surface area (Å²) in [5.41, 5.74) is -0.790. The van der Waals surface area contributed by atoms with Crippen molar-refractivity contribution in [3.8, 4) is 11.8 Å². The molecule has 0 bridgehead atoms. The van der Waals surface area contributed by atoms with Crippen LogP contribution in [0, 0.1) is 17.3 Å². The maximum Gasteiger partial charge on any atom is 0.303 e. The third kappa shape index (κ3) is 2.32. The Kier molecular flexibility index (Phi) is 3.44. The van der Waals surface area contributed by atoms with Crippen molar-refractivity contribution in [1.29, 1.82) is 0 Å². The van der Waals surface area contributed by atoms with Gasteiger partial charge in [-0.05, 0) is 25.7 Å². The summed E-state index contributed by atoms with van der Waals surface area (Å²) in [7, 11) is 0. The van der Waals surface area contributed by atoms with E-state index in [0.29, 0.717) is 0 Å². The number of ether oxygens (including phenoxy) is 1. The Morgan fingerprint density at radius 3 is 2.47 bits per heavy atom. The number of aliphatic hydroxyl groups is 1. The number of hydrogen-bond donors (Lipinski definition) is 1. The Morgan fingerprint density at radius 2 is 1.94 bits per heavy atom. The van der Waals surface area contributed by atoms with Crippen molar-refractivity contribution >= 4 is 5.97 Å². The molecule has 2 rings (SSSR count). The van der Waals surface area contributed by atoms with E-state index in [1.807, 2.05) is 0 Å².